The van der Waals surface area contributed by atoms with Gasteiger partial charge in [0.2, 0.25) is 17.7 Å². The number of hydrogen-bond donors (Lipinski definition) is 7. The molecule has 6 aromatic carbocycles. The highest BCUT2D eigenvalue weighted by Gasteiger charge is 2.34. The number of piperazine rings is 1. The summed E-state index contributed by atoms with van der Waals surface area (Å²) >= 11 is 1.41. The van der Waals surface area contributed by atoms with Crippen LogP contribution in [0.5, 0.6) is 69.0 Å². The molecule has 3 saturated heterocycles. The lowest BCUT2D eigenvalue weighted by atomic mass is 9.91. The van der Waals surface area contributed by atoms with Crippen LogP contribution in [0.3, 0.4) is 0 Å². The molecule has 30 nitrogen and oxygen atoms in total. The lowest BCUT2D eigenvalue weighted by molar-refractivity contribution is -0.140. The number of nitrogens with one attached hydrogen (secondary N) is 1. The van der Waals surface area contributed by atoms with E-state index in [9.17, 15) is 59.4 Å². The predicted octanol–water partition coefficient (Wildman–Crippen LogP) is 15.1. The van der Waals surface area contributed by atoms with Crippen LogP contribution < -0.4 is 33.7 Å². The van der Waals surface area contributed by atoms with Crippen molar-refractivity contribution in [1.29, 1.82) is 0 Å². The molecule has 7 N–H and O–H groups in total. The number of aromatic hydroxyl groups is 6. The van der Waals surface area contributed by atoms with Crippen LogP contribution in [-0.4, -0.2) is 272 Å². The van der Waals surface area contributed by atoms with Gasteiger partial charge in [-0.2, -0.15) is 0 Å². The fraction of sp³-hybridized carbons (Fsp3) is 0.490. The van der Waals surface area contributed by atoms with E-state index < -0.39 is 0 Å². The summed E-state index contributed by atoms with van der Waals surface area (Å²) in [6, 6.07) is 32.8. The number of thiophene rings is 1. The van der Waals surface area contributed by atoms with Crippen molar-refractivity contribution in [2.75, 3.05) is 140 Å². The number of carbonyl (C=O) groups excluding carboxylic acids is 6. The molecule has 6 amide bonds. The van der Waals surface area contributed by atoms with E-state index >= 15 is 0 Å². The van der Waals surface area contributed by atoms with Gasteiger partial charge in [0.25, 0.3) is 5.91 Å². The zero-order valence-corrected chi connectivity index (χ0v) is 79.0. The van der Waals surface area contributed by atoms with Gasteiger partial charge in [0.1, 0.15) is 109 Å². The normalized spacial score (nSPS) is 16.2. The predicted molar refractivity (Wildman–Crippen MR) is 495 cm³/mol. The molecule has 706 valence electrons. The van der Waals surface area contributed by atoms with E-state index in [-0.39, 0.29) is 120 Å². The summed E-state index contributed by atoms with van der Waals surface area (Å²) < 4.78 is 61.5. The van der Waals surface area contributed by atoms with E-state index in [1.165, 1.54) is 11.3 Å². The molecular weight excluding hydrogens is 1680 g/mol. The number of phenols is 6. The number of amides is 6. The summed E-state index contributed by atoms with van der Waals surface area (Å²) in [5.41, 5.74) is 8.67. The Balaban J connectivity index is 0.000000212. The minimum Gasteiger partial charge on any atom is -0.508 e. The quantitative estimate of drug-likeness (QED) is 0.0265. The fourth-order valence-corrected chi connectivity index (χ4v) is 14.8. The molecule has 3 unspecified atom stereocenters. The van der Waals surface area contributed by atoms with E-state index in [4.69, 9.17) is 52.1 Å². The average Bonchev–Trinajstić information content (AvgIpc) is 1.81. The second kappa shape index (κ2) is 52.7. The third-order valence-electron chi connectivity index (χ3n) is 22.0. The smallest absolute Gasteiger partial charge is 0.410 e. The number of likely N-dealkylation sites (N-methyl/N-ethyl adjacent to an activating group) is 3. The number of phenolic OH excluding ortho intramolecular Hbond substituents is 6. The summed E-state index contributed by atoms with van der Waals surface area (Å²) in [5, 5.41) is 62.8. The summed E-state index contributed by atoms with van der Waals surface area (Å²) in [7, 11) is 7.34. The molecule has 5 aliphatic rings. The SMILES string of the molecule is CCC(=O)N1CCOCC1COc1cccc(O)c1C.CCNC(=O)C1=C(COc2cccc(O)c2C)COCC1.Cc1c(O)cccc1OCC1=C(C(=O)N(C)C(C)C)CCCC1.Cc1c(O)cccc1OCC1CN(C)CCN1C(=O)OC(C)C.Cc1c(O)cccc1OCC1COCCN1C(=O)OC(C)C.Cc1c(O)cccc1OCc1ccsc1C(=O)N(C)C. The largest absolute Gasteiger partial charge is 0.508 e. The van der Waals surface area contributed by atoms with Crippen LogP contribution in [0, 0.1) is 41.5 Å². The van der Waals surface area contributed by atoms with Gasteiger partial charge in [-0.1, -0.05) is 43.3 Å². The van der Waals surface area contributed by atoms with E-state index in [1.807, 2.05) is 118 Å². The number of nitrogens with zero attached hydrogens (tertiary/aromatic N) is 6. The van der Waals surface area contributed by atoms with Crippen LogP contribution in [0.25, 0.3) is 0 Å². The summed E-state index contributed by atoms with van der Waals surface area (Å²) in [4.78, 5) is 84.3. The zero-order valence-electron chi connectivity index (χ0n) is 78.2. The molecule has 5 heterocycles. The Morgan fingerprint density at radius 3 is 1.29 bits per heavy atom. The van der Waals surface area contributed by atoms with Crippen molar-refractivity contribution in [2.24, 2.45) is 0 Å². The number of benzene rings is 6. The maximum absolute atomic E-state index is 12.7. The maximum Gasteiger partial charge on any atom is 0.410 e. The van der Waals surface area contributed by atoms with Gasteiger partial charge in [-0.15, -0.1) is 11.3 Å². The topological polar surface area (TPSA) is 357 Å². The molecule has 7 aromatic rings. The standard InChI is InChI=1S/C19H27NO3.C17H26N2O4.C16H23NO5.C16H21NO4.C15H21NO4.C15H17NO3S/c1-13(2)20(4)19(22)16-9-6-5-8-15(16)12-23-18-11-7-10-17(21)14(18)3;1-12(2)23-17(21)19-9-8-18(4)10-14(19)11-22-16-7-5-6-15(20)13(16)3;1-11(2)22-16(19)17-7-8-20-9-13(17)10-21-15-6-4-5-14(18)12(15)3;1-3-17-16(19)13-7-8-20-9-12(13)10-21-15-6-4-5-14(18)11(15)2;1-3-15(18)16-7-8-19-9-12(16)10-20-14-6-4-5-13(17)11(14)2;1-10-12(17)5-4-6-13(10)19-9-11-7-8-20-14(11)15(18)16(2)3/h7,10-11,13,21H,5-6,8-9,12H2,1-4H3;5-7,12,14,20H,8-11H2,1-4H3;4-6,11,13,18H,7-10H2,1-3H3;4-6,18H,3,7-10H2,1-2H3,(H,17,19);4-6,12,17H,3,7-10H2,1-2H3;4-8,17H,9H2,1-3H3. The Kier molecular flexibility index (Phi) is 42.7. The molecule has 3 fully saturated rings. The number of ether oxygens (including phenoxy) is 11. The first-order valence-electron chi connectivity index (χ1n) is 43.9. The van der Waals surface area contributed by atoms with Gasteiger partial charge in [0.05, 0.1) is 74.9 Å². The molecule has 129 heavy (non-hydrogen) atoms. The Morgan fingerprint density at radius 2 is 0.868 bits per heavy atom. The van der Waals surface area contributed by atoms with Crippen molar-refractivity contribution < 1.29 is 112 Å². The molecule has 0 bridgehead atoms. The van der Waals surface area contributed by atoms with E-state index in [0.717, 1.165) is 72.2 Å². The molecular formula is C98H135N7O23S. The highest BCUT2D eigenvalue weighted by Crippen LogP contribution is 2.35. The van der Waals surface area contributed by atoms with Gasteiger partial charge in [-0.3, -0.25) is 29.0 Å². The van der Waals surface area contributed by atoms with Gasteiger partial charge in [-0.25, -0.2) is 9.59 Å². The number of carbonyl (C=O) groups is 6. The number of hydrogen-bond acceptors (Lipinski definition) is 25. The minimum atomic E-state index is -0.348. The van der Waals surface area contributed by atoms with Crippen molar-refractivity contribution in [3.05, 3.63) is 187 Å². The minimum absolute atomic E-state index is 0.0220. The molecule has 1 aliphatic carbocycles. The van der Waals surface area contributed by atoms with E-state index in [0.29, 0.717) is 172 Å². The highest BCUT2D eigenvalue weighted by molar-refractivity contribution is 7.12. The van der Waals surface area contributed by atoms with E-state index in [2.05, 4.69) is 10.2 Å². The average molecular weight is 1810 g/mol. The Hall–Kier alpha value is -11.6. The molecule has 0 radical (unpaired) electrons. The van der Waals surface area contributed by atoms with Crippen LogP contribution in [-0.2, 0) is 44.7 Å². The molecule has 3 atom stereocenters. The third-order valence-corrected chi connectivity index (χ3v) is 23.0. The maximum atomic E-state index is 12.7. The molecule has 4 aliphatic heterocycles. The van der Waals surface area contributed by atoms with Crippen LogP contribution in [0.2, 0.25) is 0 Å². The van der Waals surface area contributed by atoms with Gasteiger partial charge < -0.3 is 108 Å². The second-order valence-corrected chi connectivity index (χ2v) is 33.7. The molecule has 0 saturated carbocycles. The fourth-order valence-electron chi connectivity index (χ4n) is 13.9. The molecule has 0 spiro atoms. The number of morpholine rings is 2. The van der Waals surface area contributed by atoms with E-state index in [1.54, 1.807) is 152 Å². The van der Waals surface area contributed by atoms with Crippen LogP contribution >= 0.6 is 11.3 Å². The summed E-state index contributed by atoms with van der Waals surface area (Å²) in [5.74, 6) is 5.20. The highest BCUT2D eigenvalue weighted by atomic mass is 32.1. The second-order valence-electron chi connectivity index (χ2n) is 32.8. The first kappa shape index (κ1) is 104. The Labute approximate surface area is 763 Å². The van der Waals surface area contributed by atoms with Crippen LogP contribution in [0.4, 0.5) is 9.59 Å². The lowest BCUT2D eigenvalue weighted by Gasteiger charge is -2.39. The monoisotopic (exact) mass is 1810 g/mol. The van der Waals surface area contributed by atoms with Crippen molar-refractivity contribution in [3.63, 3.8) is 0 Å². The van der Waals surface area contributed by atoms with Gasteiger partial charge in [0.15, 0.2) is 0 Å². The summed E-state index contributed by atoms with van der Waals surface area (Å²) in [6.07, 6.45) is 4.03. The van der Waals surface area contributed by atoms with Gasteiger partial charge in [-0.05, 0) is 213 Å². The zero-order chi connectivity index (χ0) is 94.6. The van der Waals surface area contributed by atoms with Crippen molar-refractivity contribution in [2.45, 2.75) is 178 Å². The first-order valence-corrected chi connectivity index (χ1v) is 44.8. The van der Waals surface area contributed by atoms with Gasteiger partial charge >= 0.3 is 12.2 Å². The molecule has 12 rings (SSSR count). The third kappa shape index (κ3) is 31.9. The Morgan fingerprint density at radius 1 is 0.465 bits per heavy atom. The Bertz CT molecular complexity index is 4850. The molecule has 1 aromatic heterocycles. The molecule has 31 heteroatoms. The first-order chi connectivity index (χ1) is 61.5. The van der Waals surface area contributed by atoms with Gasteiger partial charge in [0, 0.05) is 135 Å². The van der Waals surface area contributed by atoms with Crippen LogP contribution in [0.15, 0.2) is 143 Å². The van der Waals surface area contributed by atoms with Crippen molar-refractivity contribution in [3.8, 4) is 69.0 Å². The van der Waals surface area contributed by atoms with Crippen molar-refractivity contribution in [1.82, 2.24) is 34.7 Å². The summed E-state index contributed by atoms with van der Waals surface area (Å²) in [6.45, 7) is 34.8. The van der Waals surface area contributed by atoms with Crippen LogP contribution in [0.1, 0.15) is 143 Å². The lowest BCUT2D eigenvalue weighted by Crippen LogP contribution is -2.56. The number of rotatable bonds is 26. The van der Waals surface area contributed by atoms with Crippen molar-refractivity contribution >= 4 is 47.2 Å².